The fourth-order valence-electron chi connectivity index (χ4n) is 3.37. The molecule has 1 aliphatic rings. The lowest BCUT2D eigenvalue weighted by atomic mass is 9.70. The van der Waals surface area contributed by atoms with E-state index in [-0.39, 0.29) is 17.4 Å². The first-order valence-electron chi connectivity index (χ1n) is 7.92. The first kappa shape index (κ1) is 17.8. The van der Waals surface area contributed by atoms with Crippen molar-refractivity contribution in [2.24, 2.45) is 11.3 Å². The summed E-state index contributed by atoms with van der Waals surface area (Å²) in [6, 6.07) is 0.259. The standard InChI is InChI=1S/C17H31NOS/c1-13-8-5-6-9-17(3,4)16(13)15(19)12-14(2)18-10-7-11-20/h8,14,16,18,20H,5-7,9-12H2,1-4H3. The minimum Gasteiger partial charge on any atom is -0.314 e. The molecule has 0 heterocycles. The van der Waals surface area contributed by atoms with E-state index < -0.39 is 0 Å². The van der Waals surface area contributed by atoms with Gasteiger partial charge in [0.15, 0.2) is 0 Å². The average molecular weight is 298 g/mol. The molecule has 3 heteroatoms. The van der Waals surface area contributed by atoms with Crippen LogP contribution in [0.2, 0.25) is 0 Å². The summed E-state index contributed by atoms with van der Waals surface area (Å²) < 4.78 is 0. The van der Waals surface area contributed by atoms with Gasteiger partial charge in [0.1, 0.15) is 5.78 Å². The Morgan fingerprint density at radius 1 is 1.55 bits per heavy atom. The summed E-state index contributed by atoms with van der Waals surface area (Å²) in [5.74, 6) is 1.39. The molecule has 0 aliphatic heterocycles. The molecule has 0 bridgehead atoms. The highest BCUT2D eigenvalue weighted by Crippen LogP contribution is 2.41. The summed E-state index contributed by atoms with van der Waals surface area (Å²) in [6.45, 7) is 9.68. The molecule has 0 saturated carbocycles. The highest BCUT2D eigenvalue weighted by molar-refractivity contribution is 7.80. The van der Waals surface area contributed by atoms with Crippen molar-refractivity contribution in [2.75, 3.05) is 12.3 Å². The van der Waals surface area contributed by atoms with Gasteiger partial charge in [-0.15, -0.1) is 0 Å². The Balaban J connectivity index is 2.63. The van der Waals surface area contributed by atoms with E-state index in [2.05, 4.69) is 51.7 Å². The van der Waals surface area contributed by atoms with Gasteiger partial charge in [0.05, 0.1) is 0 Å². The Labute approximate surface area is 130 Å². The van der Waals surface area contributed by atoms with Gasteiger partial charge in [-0.05, 0) is 57.2 Å². The summed E-state index contributed by atoms with van der Waals surface area (Å²) in [4.78, 5) is 12.7. The van der Waals surface area contributed by atoms with Crippen LogP contribution in [-0.2, 0) is 4.79 Å². The van der Waals surface area contributed by atoms with Crippen LogP contribution in [0, 0.1) is 11.3 Å². The summed E-state index contributed by atoms with van der Waals surface area (Å²) in [5.41, 5.74) is 1.37. The van der Waals surface area contributed by atoms with Crippen LogP contribution in [-0.4, -0.2) is 24.1 Å². The van der Waals surface area contributed by atoms with Crippen molar-refractivity contribution in [1.29, 1.82) is 0 Å². The van der Waals surface area contributed by atoms with E-state index in [0.29, 0.717) is 12.2 Å². The molecule has 0 aromatic carbocycles. The number of rotatable bonds is 7. The van der Waals surface area contributed by atoms with Crippen molar-refractivity contribution in [3.63, 3.8) is 0 Å². The molecule has 0 aromatic heterocycles. The van der Waals surface area contributed by atoms with Gasteiger partial charge >= 0.3 is 0 Å². The lowest BCUT2D eigenvalue weighted by Gasteiger charge is -2.33. The minimum atomic E-state index is 0.0962. The summed E-state index contributed by atoms with van der Waals surface area (Å²) >= 11 is 4.21. The van der Waals surface area contributed by atoms with E-state index >= 15 is 0 Å². The van der Waals surface area contributed by atoms with Crippen LogP contribution in [0.25, 0.3) is 0 Å². The molecule has 2 unspecified atom stereocenters. The van der Waals surface area contributed by atoms with Crippen molar-refractivity contribution in [2.45, 2.75) is 65.8 Å². The maximum atomic E-state index is 12.7. The molecule has 116 valence electrons. The molecule has 1 N–H and O–H groups in total. The highest BCUT2D eigenvalue weighted by Gasteiger charge is 2.36. The van der Waals surface area contributed by atoms with Crippen molar-refractivity contribution in [3.05, 3.63) is 11.6 Å². The summed E-state index contributed by atoms with van der Waals surface area (Å²) in [5, 5.41) is 3.42. The van der Waals surface area contributed by atoms with E-state index in [1.54, 1.807) is 0 Å². The van der Waals surface area contributed by atoms with E-state index in [1.165, 1.54) is 12.0 Å². The maximum Gasteiger partial charge on any atom is 0.142 e. The Hall–Kier alpha value is -0.280. The fraction of sp³-hybridized carbons (Fsp3) is 0.824. The minimum absolute atomic E-state index is 0.0962. The Morgan fingerprint density at radius 2 is 2.25 bits per heavy atom. The second-order valence-electron chi connectivity index (χ2n) is 6.86. The van der Waals surface area contributed by atoms with Crippen LogP contribution in [0.4, 0.5) is 0 Å². The molecule has 0 spiro atoms. The molecule has 0 radical (unpaired) electrons. The predicted molar refractivity (Wildman–Crippen MR) is 90.4 cm³/mol. The molecule has 0 aromatic rings. The topological polar surface area (TPSA) is 29.1 Å². The Morgan fingerprint density at radius 3 is 2.90 bits per heavy atom. The van der Waals surface area contributed by atoms with Crippen molar-refractivity contribution >= 4 is 18.4 Å². The lowest BCUT2D eigenvalue weighted by Crippen LogP contribution is -2.36. The van der Waals surface area contributed by atoms with Crippen molar-refractivity contribution < 1.29 is 4.79 Å². The molecule has 20 heavy (non-hydrogen) atoms. The molecule has 2 atom stereocenters. The zero-order valence-corrected chi connectivity index (χ0v) is 14.4. The number of hydrogen-bond acceptors (Lipinski definition) is 3. The van der Waals surface area contributed by atoms with Crippen LogP contribution in [0.15, 0.2) is 11.6 Å². The van der Waals surface area contributed by atoms with Crippen LogP contribution in [0.1, 0.15) is 59.8 Å². The molecule has 0 amide bonds. The fourth-order valence-corrected chi connectivity index (χ4v) is 3.53. The summed E-state index contributed by atoms with van der Waals surface area (Å²) in [6.07, 6.45) is 7.41. The first-order valence-corrected chi connectivity index (χ1v) is 8.55. The Bertz CT molecular complexity index is 349. The van der Waals surface area contributed by atoms with Gasteiger partial charge in [-0.25, -0.2) is 0 Å². The molecule has 0 saturated heterocycles. The highest BCUT2D eigenvalue weighted by atomic mass is 32.1. The van der Waals surface area contributed by atoms with E-state index in [9.17, 15) is 4.79 Å². The average Bonchev–Trinajstić information content (AvgIpc) is 2.47. The quantitative estimate of drug-likeness (QED) is 0.422. The van der Waals surface area contributed by atoms with Crippen molar-refractivity contribution in [3.8, 4) is 0 Å². The SMILES string of the molecule is CC1=CCCCC(C)(C)C1C(=O)CC(C)NCCCS. The number of Topliss-reactive ketones (excluding diaryl/α,β-unsaturated/α-hetero) is 1. The van der Waals surface area contributed by atoms with E-state index in [0.717, 1.165) is 31.6 Å². The smallest absolute Gasteiger partial charge is 0.142 e. The first-order chi connectivity index (χ1) is 9.38. The molecular formula is C17H31NOS. The van der Waals surface area contributed by atoms with Gasteiger partial charge in [0, 0.05) is 18.4 Å². The van der Waals surface area contributed by atoms with Crippen LogP contribution in [0.3, 0.4) is 0 Å². The van der Waals surface area contributed by atoms with E-state index in [1.807, 2.05) is 0 Å². The molecule has 0 fully saturated rings. The molecular weight excluding hydrogens is 266 g/mol. The third-order valence-electron chi connectivity index (χ3n) is 4.39. The van der Waals surface area contributed by atoms with Crippen molar-refractivity contribution in [1.82, 2.24) is 5.32 Å². The zero-order chi connectivity index (χ0) is 15.2. The van der Waals surface area contributed by atoms with Gasteiger partial charge in [-0.1, -0.05) is 25.5 Å². The largest absolute Gasteiger partial charge is 0.314 e. The number of nitrogens with one attached hydrogen (secondary N) is 1. The predicted octanol–water partition coefficient (Wildman–Crippen LogP) is 4.02. The zero-order valence-electron chi connectivity index (χ0n) is 13.5. The van der Waals surface area contributed by atoms with Crippen LogP contribution >= 0.6 is 12.6 Å². The number of ketones is 1. The normalized spacial score (nSPS) is 23.9. The number of thiol groups is 1. The van der Waals surface area contributed by atoms with Gasteiger partial charge in [-0.3, -0.25) is 4.79 Å². The number of carbonyl (C=O) groups is 1. The second kappa shape index (κ2) is 8.23. The van der Waals surface area contributed by atoms with Gasteiger partial charge < -0.3 is 5.32 Å². The molecule has 1 aliphatic carbocycles. The van der Waals surface area contributed by atoms with Crippen LogP contribution in [0.5, 0.6) is 0 Å². The monoisotopic (exact) mass is 297 g/mol. The van der Waals surface area contributed by atoms with Crippen LogP contribution < -0.4 is 5.32 Å². The third-order valence-corrected chi connectivity index (χ3v) is 4.70. The van der Waals surface area contributed by atoms with Gasteiger partial charge in [-0.2, -0.15) is 12.6 Å². The number of hydrogen-bond donors (Lipinski definition) is 2. The number of allylic oxidation sites excluding steroid dienone is 2. The van der Waals surface area contributed by atoms with Gasteiger partial charge in [0.2, 0.25) is 0 Å². The number of carbonyl (C=O) groups excluding carboxylic acids is 1. The lowest BCUT2D eigenvalue weighted by molar-refractivity contribution is -0.125. The molecule has 1 rings (SSSR count). The third kappa shape index (κ3) is 5.25. The second-order valence-corrected chi connectivity index (χ2v) is 7.31. The van der Waals surface area contributed by atoms with E-state index in [4.69, 9.17) is 0 Å². The maximum absolute atomic E-state index is 12.7. The molecule has 2 nitrogen and oxygen atoms in total. The van der Waals surface area contributed by atoms with Gasteiger partial charge in [0.25, 0.3) is 0 Å². The Kier molecular flexibility index (Phi) is 7.32. The summed E-state index contributed by atoms with van der Waals surface area (Å²) in [7, 11) is 0.